The van der Waals surface area contributed by atoms with Crippen molar-refractivity contribution in [2.45, 2.75) is 18.2 Å². The molecule has 2 aromatic rings. The van der Waals surface area contributed by atoms with Gasteiger partial charge in [0.1, 0.15) is 0 Å². The number of benzene rings is 1. The van der Waals surface area contributed by atoms with E-state index < -0.39 is 0 Å². The van der Waals surface area contributed by atoms with Gasteiger partial charge in [-0.3, -0.25) is 5.10 Å². The fourth-order valence-corrected chi connectivity index (χ4v) is 2.18. The van der Waals surface area contributed by atoms with Gasteiger partial charge in [-0.05, 0) is 18.2 Å². The minimum Gasteiger partial charge on any atom is -0.277 e. The van der Waals surface area contributed by atoms with Gasteiger partial charge < -0.3 is 0 Å². The summed E-state index contributed by atoms with van der Waals surface area (Å²) in [7, 11) is 0. The Balaban J connectivity index is 2.37. The third-order valence-electron chi connectivity index (χ3n) is 1.90. The van der Waals surface area contributed by atoms with Gasteiger partial charge in [-0.1, -0.05) is 19.1 Å². The lowest BCUT2D eigenvalue weighted by molar-refractivity contribution is 1.10. The van der Waals surface area contributed by atoms with Gasteiger partial charge in [0.2, 0.25) is 0 Å². The number of aromatic amines is 1. The number of hydrogen-bond acceptors (Lipinski definition) is 2. The molecule has 68 valence electrons. The number of thioether (sulfide) groups is 1. The molecular weight excluding hydrogens is 180 g/mol. The molecule has 0 unspecified atom stereocenters. The van der Waals surface area contributed by atoms with Crippen LogP contribution in [0.5, 0.6) is 0 Å². The van der Waals surface area contributed by atoms with Crippen LogP contribution < -0.4 is 0 Å². The molecule has 0 aliphatic rings. The van der Waals surface area contributed by atoms with Crippen molar-refractivity contribution < 1.29 is 0 Å². The second-order valence-corrected chi connectivity index (χ2v) is 4.08. The lowest BCUT2D eigenvalue weighted by Crippen LogP contribution is -1.78. The molecule has 0 amide bonds. The summed E-state index contributed by atoms with van der Waals surface area (Å²) in [6.45, 7) is 2.19. The molecule has 0 bridgehead atoms. The number of para-hydroxylation sites is 1. The smallest absolute Gasteiger partial charge is 0.0786 e. The molecule has 1 N–H and O–H groups in total. The Morgan fingerprint density at radius 2 is 2.38 bits per heavy atom. The van der Waals surface area contributed by atoms with Crippen LogP contribution in [0.25, 0.3) is 10.9 Å². The quantitative estimate of drug-likeness (QED) is 0.757. The molecule has 0 saturated heterocycles. The van der Waals surface area contributed by atoms with E-state index in [4.69, 9.17) is 0 Å². The number of hydrogen-bond donors (Lipinski definition) is 1. The highest BCUT2D eigenvalue weighted by molar-refractivity contribution is 7.99. The molecule has 0 saturated carbocycles. The summed E-state index contributed by atoms with van der Waals surface area (Å²) in [4.78, 5) is 1.30. The van der Waals surface area contributed by atoms with E-state index in [1.54, 1.807) is 0 Å². The first-order chi connectivity index (χ1) is 6.42. The minimum atomic E-state index is 1.16. The molecule has 2 nitrogen and oxygen atoms in total. The Morgan fingerprint density at radius 3 is 3.23 bits per heavy atom. The Hall–Kier alpha value is -0.960. The van der Waals surface area contributed by atoms with Crippen molar-refractivity contribution in [2.24, 2.45) is 0 Å². The Morgan fingerprint density at radius 1 is 1.46 bits per heavy atom. The van der Waals surface area contributed by atoms with Crippen LogP contribution >= 0.6 is 11.8 Å². The molecule has 13 heavy (non-hydrogen) atoms. The Labute approximate surface area is 81.7 Å². The van der Waals surface area contributed by atoms with E-state index in [-0.39, 0.29) is 0 Å². The van der Waals surface area contributed by atoms with Crippen molar-refractivity contribution in [2.75, 3.05) is 5.75 Å². The highest BCUT2D eigenvalue weighted by atomic mass is 32.2. The summed E-state index contributed by atoms with van der Waals surface area (Å²) in [6, 6.07) is 6.30. The van der Waals surface area contributed by atoms with Crippen LogP contribution in [0.4, 0.5) is 0 Å². The second kappa shape index (κ2) is 3.83. The number of nitrogens with one attached hydrogen (secondary N) is 1. The maximum Gasteiger partial charge on any atom is 0.0786 e. The average molecular weight is 192 g/mol. The molecule has 0 aliphatic carbocycles. The molecule has 2 rings (SSSR count). The SMILES string of the molecule is CCCSc1cccc2cn[nH]c12. The third kappa shape index (κ3) is 1.70. The molecule has 0 aliphatic heterocycles. The van der Waals surface area contributed by atoms with Crippen LogP contribution in [0.3, 0.4) is 0 Å². The van der Waals surface area contributed by atoms with Gasteiger partial charge in [-0.25, -0.2) is 0 Å². The summed E-state index contributed by atoms with van der Waals surface area (Å²) in [5.74, 6) is 1.16. The molecule has 0 radical (unpaired) electrons. The monoisotopic (exact) mass is 192 g/mol. The van der Waals surface area contributed by atoms with E-state index in [1.807, 2.05) is 18.0 Å². The topological polar surface area (TPSA) is 28.7 Å². The van der Waals surface area contributed by atoms with Crippen molar-refractivity contribution in [1.82, 2.24) is 10.2 Å². The first-order valence-corrected chi connectivity index (χ1v) is 5.45. The lowest BCUT2D eigenvalue weighted by atomic mass is 10.3. The Kier molecular flexibility index (Phi) is 2.54. The highest BCUT2D eigenvalue weighted by Crippen LogP contribution is 2.26. The van der Waals surface area contributed by atoms with Crippen molar-refractivity contribution in [3.63, 3.8) is 0 Å². The van der Waals surface area contributed by atoms with Crippen LogP contribution in [-0.4, -0.2) is 16.0 Å². The van der Waals surface area contributed by atoms with E-state index in [2.05, 4.69) is 35.3 Å². The fraction of sp³-hybridized carbons (Fsp3) is 0.300. The number of rotatable bonds is 3. The molecular formula is C10H12N2S. The van der Waals surface area contributed by atoms with Crippen molar-refractivity contribution in [3.8, 4) is 0 Å². The van der Waals surface area contributed by atoms with Crippen molar-refractivity contribution in [1.29, 1.82) is 0 Å². The molecule has 1 aromatic carbocycles. The van der Waals surface area contributed by atoms with Gasteiger partial charge in [0.15, 0.2) is 0 Å². The largest absolute Gasteiger partial charge is 0.277 e. The van der Waals surface area contributed by atoms with Gasteiger partial charge in [-0.15, -0.1) is 11.8 Å². The Bertz CT molecular complexity index is 394. The van der Waals surface area contributed by atoms with Crippen LogP contribution in [0, 0.1) is 0 Å². The summed E-state index contributed by atoms with van der Waals surface area (Å²) < 4.78 is 0. The number of fused-ring (bicyclic) bond motifs is 1. The fourth-order valence-electron chi connectivity index (χ4n) is 1.27. The zero-order valence-electron chi connectivity index (χ0n) is 7.58. The first kappa shape index (κ1) is 8.63. The number of H-pyrrole nitrogens is 1. The molecule has 1 heterocycles. The summed E-state index contributed by atoms with van der Waals surface area (Å²) >= 11 is 1.88. The number of aromatic nitrogens is 2. The maximum atomic E-state index is 4.03. The molecule has 3 heteroatoms. The highest BCUT2D eigenvalue weighted by Gasteiger charge is 2.01. The van der Waals surface area contributed by atoms with Gasteiger partial charge in [-0.2, -0.15) is 5.10 Å². The normalized spacial score (nSPS) is 10.8. The molecule has 0 atom stereocenters. The molecule has 0 fully saturated rings. The zero-order chi connectivity index (χ0) is 9.10. The van der Waals surface area contributed by atoms with E-state index in [9.17, 15) is 0 Å². The van der Waals surface area contributed by atoms with Gasteiger partial charge >= 0.3 is 0 Å². The van der Waals surface area contributed by atoms with E-state index in [1.165, 1.54) is 22.2 Å². The van der Waals surface area contributed by atoms with E-state index in [0.29, 0.717) is 0 Å². The predicted molar refractivity (Wildman–Crippen MR) is 57.1 cm³/mol. The van der Waals surface area contributed by atoms with Crippen LogP contribution in [0.1, 0.15) is 13.3 Å². The predicted octanol–water partition coefficient (Wildman–Crippen LogP) is 3.07. The van der Waals surface area contributed by atoms with E-state index in [0.717, 1.165) is 5.75 Å². The maximum absolute atomic E-state index is 4.03. The standard InChI is InChI=1S/C10H12N2S/c1-2-6-13-9-5-3-4-8-7-11-12-10(8)9/h3-5,7H,2,6H2,1H3,(H,11,12). The first-order valence-electron chi connectivity index (χ1n) is 4.46. The van der Waals surface area contributed by atoms with E-state index >= 15 is 0 Å². The summed E-state index contributed by atoms with van der Waals surface area (Å²) in [5, 5.41) is 8.25. The van der Waals surface area contributed by atoms with Gasteiger partial charge in [0, 0.05) is 10.3 Å². The van der Waals surface area contributed by atoms with Crippen molar-refractivity contribution >= 4 is 22.7 Å². The number of nitrogens with zero attached hydrogens (tertiary/aromatic N) is 1. The molecule has 1 aromatic heterocycles. The molecule has 0 spiro atoms. The van der Waals surface area contributed by atoms with Gasteiger partial charge in [0.25, 0.3) is 0 Å². The minimum absolute atomic E-state index is 1.16. The lowest BCUT2D eigenvalue weighted by Gasteiger charge is -1.99. The summed E-state index contributed by atoms with van der Waals surface area (Å²) in [6.07, 6.45) is 3.07. The van der Waals surface area contributed by atoms with Crippen molar-refractivity contribution in [3.05, 3.63) is 24.4 Å². The zero-order valence-corrected chi connectivity index (χ0v) is 8.40. The van der Waals surface area contributed by atoms with Crippen LogP contribution in [-0.2, 0) is 0 Å². The second-order valence-electron chi connectivity index (χ2n) is 2.94. The third-order valence-corrected chi connectivity index (χ3v) is 3.16. The average Bonchev–Trinajstić information content (AvgIpc) is 2.62. The summed E-state index contributed by atoms with van der Waals surface area (Å²) in [5.41, 5.74) is 1.17. The van der Waals surface area contributed by atoms with Crippen LogP contribution in [0.15, 0.2) is 29.3 Å². The van der Waals surface area contributed by atoms with Crippen LogP contribution in [0.2, 0.25) is 0 Å². The van der Waals surface area contributed by atoms with Gasteiger partial charge in [0.05, 0.1) is 11.7 Å².